The zero-order valence-electron chi connectivity index (χ0n) is 14.1. The molecule has 124 valence electrons. The Hall–Kier alpha value is -2.10. The zero-order valence-corrected chi connectivity index (χ0v) is 14.1. The van der Waals surface area contributed by atoms with Crippen molar-refractivity contribution in [2.75, 3.05) is 5.32 Å². The molecule has 1 amide bonds. The van der Waals surface area contributed by atoms with Gasteiger partial charge < -0.3 is 10.4 Å². The maximum atomic E-state index is 12.5. The van der Waals surface area contributed by atoms with Gasteiger partial charge >= 0.3 is 5.97 Å². The van der Waals surface area contributed by atoms with E-state index in [-0.39, 0.29) is 5.91 Å². The number of allylic oxidation sites excluding steroid dienone is 2. The Bertz CT molecular complexity index is 616. The van der Waals surface area contributed by atoms with Crippen molar-refractivity contribution in [3.63, 3.8) is 0 Å². The van der Waals surface area contributed by atoms with Crippen LogP contribution in [0.2, 0.25) is 0 Å². The Morgan fingerprint density at radius 2 is 1.65 bits per heavy atom. The van der Waals surface area contributed by atoms with Gasteiger partial charge in [-0.1, -0.05) is 36.6 Å². The molecule has 1 aromatic rings. The lowest BCUT2D eigenvalue weighted by molar-refractivity contribution is -0.146. The van der Waals surface area contributed by atoms with Crippen LogP contribution in [-0.2, 0) is 16.0 Å². The highest BCUT2D eigenvalue weighted by Crippen LogP contribution is 2.35. The normalized spacial score (nSPS) is 21.2. The van der Waals surface area contributed by atoms with Crippen LogP contribution in [0, 0.1) is 11.8 Å². The molecule has 0 saturated heterocycles. The largest absolute Gasteiger partial charge is 0.481 e. The lowest BCUT2D eigenvalue weighted by Gasteiger charge is -2.29. The SMILES string of the molecule is CCCc1ccc(NC(=O)[C@H]2CC(C)=C(C)C[C@@H]2C(=O)O)cc1. The molecule has 4 heteroatoms. The molecule has 0 spiro atoms. The molecular formula is C19H25NO3. The molecule has 1 aromatic carbocycles. The molecule has 2 atom stereocenters. The van der Waals surface area contributed by atoms with Gasteiger partial charge in [-0.2, -0.15) is 0 Å². The van der Waals surface area contributed by atoms with E-state index in [4.69, 9.17) is 0 Å². The van der Waals surface area contributed by atoms with E-state index in [1.165, 1.54) is 5.56 Å². The van der Waals surface area contributed by atoms with Crippen LogP contribution < -0.4 is 5.32 Å². The third-order valence-electron chi connectivity index (χ3n) is 4.68. The van der Waals surface area contributed by atoms with Crippen LogP contribution in [0.15, 0.2) is 35.4 Å². The molecule has 0 unspecified atom stereocenters. The smallest absolute Gasteiger partial charge is 0.307 e. The van der Waals surface area contributed by atoms with Crippen LogP contribution in [0.4, 0.5) is 5.69 Å². The van der Waals surface area contributed by atoms with Crippen molar-refractivity contribution in [1.29, 1.82) is 0 Å². The van der Waals surface area contributed by atoms with Gasteiger partial charge in [0.1, 0.15) is 0 Å². The number of carboxylic acids is 1. The Labute approximate surface area is 137 Å². The Balaban J connectivity index is 2.10. The van der Waals surface area contributed by atoms with Crippen molar-refractivity contribution in [3.8, 4) is 0 Å². The molecule has 0 saturated carbocycles. The van der Waals surface area contributed by atoms with Crippen LogP contribution in [0.5, 0.6) is 0 Å². The van der Waals surface area contributed by atoms with E-state index in [0.717, 1.165) is 29.7 Å². The molecule has 0 heterocycles. The minimum absolute atomic E-state index is 0.201. The lowest BCUT2D eigenvalue weighted by Crippen LogP contribution is -2.36. The van der Waals surface area contributed by atoms with Crippen LogP contribution in [0.1, 0.15) is 45.6 Å². The summed E-state index contributed by atoms with van der Waals surface area (Å²) in [6.07, 6.45) is 3.07. The number of anilines is 1. The Kier molecular flexibility index (Phi) is 5.59. The second-order valence-electron chi connectivity index (χ2n) is 6.46. The maximum absolute atomic E-state index is 12.5. The van der Waals surface area contributed by atoms with Crippen LogP contribution in [-0.4, -0.2) is 17.0 Å². The third kappa shape index (κ3) is 4.21. The molecule has 1 aliphatic carbocycles. The lowest BCUT2D eigenvalue weighted by atomic mass is 9.76. The molecule has 2 N–H and O–H groups in total. The number of carbonyl (C=O) groups excluding carboxylic acids is 1. The van der Waals surface area contributed by atoms with Gasteiger partial charge in [0.2, 0.25) is 5.91 Å². The van der Waals surface area contributed by atoms with Gasteiger partial charge in [0.25, 0.3) is 0 Å². The van der Waals surface area contributed by atoms with Crippen molar-refractivity contribution in [2.45, 2.75) is 46.5 Å². The maximum Gasteiger partial charge on any atom is 0.307 e. The number of carboxylic acid groups (broad SMARTS) is 1. The number of nitrogens with one attached hydrogen (secondary N) is 1. The summed E-state index contributed by atoms with van der Waals surface area (Å²) in [6, 6.07) is 7.78. The fraction of sp³-hybridized carbons (Fsp3) is 0.474. The van der Waals surface area contributed by atoms with Crippen molar-refractivity contribution < 1.29 is 14.7 Å². The molecule has 1 aliphatic rings. The summed E-state index contributed by atoms with van der Waals surface area (Å²) in [5, 5.41) is 12.3. The minimum Gasteiger partial charge on any atom is -0.481 e. The number of aliphatic carboxylic acids is 1. The molecule has 0 radical (unpaired) electrons. The van der Waals surface area contributed by atoms with E-state index < -0.39 is 17.8 Å². The highest BCUT2D eigenvalue weighted by molar-refractivity contribution is 5.95. The van der Waals surface area contributed by atoms with Crippen LogP contribution in [0.3, 0.4) is 0 Å². The molecule has 0 aromatic heterocycles. The summed E-state index contributed by atoms with van der Waals surface area (Å²) in [5.41, 5.74) is 4.18. The second-order valence-corrected chi connectivity index (χ2v) is 6.46. The number of hydrogen-bond donors (Lipinski definition) is 2. The molecule has 0 fully saturated rings. The first-order valence-corrected chi connectivity index (χ1v) is 8.20. The van der Waals surface area contributed by atoms with Gasteiger partial charge in [-0.3, -0.25) is 9.59 Å². The number of benzene rings is 1. The second kappa shape index (κ2) is 7.44. The highest BCUT2D eigenvalue weighted by atomic mass is 16.4. The van der Waals surface area contributed by atoms with Gasteiger partial charge in [-0.15, -0.1) is 0 Å². The number of amides is 1. The Morgan fingerprint density at radius 1 is 1.09 bits per heavy atom. The number of hydrogen-bond acceptors (Lipinski definition) is 2. The molecule has 4 nitrogen and oxygen atoms in total. The van der Waals surface area contributed by atoms with Gasteiger partial charge in [0.05, 0.1) is 11.8 Å². The first-order valence-electron chi connectivity index (χ1n) is 8.20. The monoisotopic (exact) mass is 315 g/mol. The van der Waals surface area contributed by atoms with E-state index in [9.17, 15) is 14.7 Å². The summed E-state index contributed by atoms with van der Waals surface area (Å²) < 4.78 is 0. The summed E-state index contributed by atoms with van der Waals surface area (Å²) in [6.45, 7) is 6.06. The van der Waals surface area contributed by atoms with Gasteiger partial charge in [-0.25, -0.2) is 0 Å². The van der Waals surface area contributed by atoms with Crippen molar-refractivity contribution in [3.05, 3.63) is 41.0 Å². The van der Waals surface area contributed by atoms with E-state index >= 15 is 0 Å². The quantitative estimate of drug-likeness (QED) is 0.806. The summed E-state index contributed by atoms with van der Waals surface area (Å²) in [5.74, 6) is -2.24. The third-order valence-corrected chi connectivity index (χ3v) is 4.68. The van der Waals surface area contributed by atoms with Gasteiger partial charge in [0.15, 0.2) is 0 Å². The molecule has 0 aliphatic heterocycles. The minimum atomic E-state index is -0.893. The van der Waals surface area contributed by atoms with E-state index in [2.05, 4.69) is 12.2 Å². The zero-order chi connectivity index (χ0) is 17.0. The molecule has 23 heavy (non-hydrogen) atoms. The first kappa shape index (κ1) is 17.3. The fourth-order valence-electron chi connectivity index (χ4n) is 3.11. The topological polar surface area (TPSA) is 66.4 Å². The number of aryl methyl sites for hydroxylation is 1. The Morgan fingerprint density at radius 3 is 2.17 bits per heavy atom. The number of carbonyl (C=O) groups is 2. The van der Waals surface area contributed by atoms with Crippen LogP contribution in [0.25, 0.3) is 0 Å². The average molecular weight is 315 g/mol. The first-order chi connectivity index (χ1) is 10.9. The van der Waals surface area contributed by atoms with Gasteiger partial charge in [-0.05, 0) is 50.8 Å². The summed E-state index contributed by atoms with van der Waals surface area (Å²) in [7, 11) is 0. The predicted molar refractivity (Wildman–Crippen MR) is 91.3 cm³/mol. The highest BCUT2D eigenvalue weighted by Gasteiger charge is 2.37. The van der Waals surface area contributed by atoms with Crippen molar-refractivity contribution >= 4 is 17.6 Å². The van der Waals surface area contributed by atoms with E-state index in [1.807, 2.05) is 38.1 Å². The fourth-order valence-corrected chi connectivity index (χ4v) is 3.11. The van der Waals surface area contributed by atoms with E-state index in [1.54, 1.807) is 0 Å². The van der Waals surface area contributed by atoms with Gasteiger partial charge in [0, 0.05) is 5.69 Å². The standard InChI is InChI=1S/C19H25NO3/c1-4-5-14-6-8-15(9-7-14)20-18(21)16-10-12(2)13(3)11-17(16)19(22)23/h6-9,16-17H,4-5,10-11H2,1-3H3,(H,20,21)(H,22,23)/t16-,17-/m0/s1. The van der Waals surface area contributed by atoms with E-state index in [0.29, 0.717) is 12.8 Å². The predicted octanol–water partition coefficient (Wildman–Crippen LogP) is 4.02. The molecule has 0 bridgehead atoms. The van der Waals surface area contributed by atoms with Crippen LogP contribution >= 0.6 is 0 Å². The number of rotatable bonds is 5. The summed E-state index contributed by atoms with van der Waals surface area (Å²) in [4.78, 5) is 24.0. The average Bonchev–Trinajstić information content (AvgIpc) is 2.51. The van der Waals surface area contributed by atoms with Crippen molar-refractivity contribution in [1.82, 2.24) is 0 Å². The summed E-state index contributed by atoms with van der Waals surface area (Å²) >= 11 is 0. The molecular weight excluding hydrogens is 290 g/mol. The molecule has 2 rings (SSSR count). The van der Waals surface area contributed by atoms with Crippen molar-refractivity contribution in [2.24, 2.45) is 11.8 Å².